The Balaban J connectivity index is 1.66. The van der Waals surface area contributed by atoms with E-state index >= 15 is 0 Å². The second kappa shape index (κ2) is 8.67. The summed E-state index contributed by atoms with van der Waals surface area (Å²) in [6.45, 7) is 4.69. The highest BCUT2D eigenvalue weighted by atomic mass is 127. The van der Waals surface area contributed by atoms with E-state index in [1.165, 1.54) is 3.58 Å². The summed E-state index contributed by atoms with van der Waals surface area (Å²) in [5.41, 5.74) is 3.69. The fraction of sp³-hybridized carbons (Fsp3) is 0.346. The van der Waals surface area contributed by atoms with Crippen molar-refractivity contribution in [2.75, 3.05) is 10.8 Å². The van der Waals surface area contributed by atoms with Crippen LogP contribution < -0.4 is 4.31 Å². The smallest absolute Gasteiger partial charge is 0.264 e. The number of hydrogen-bond acceptors (Lipinski definition) is 4. The number of rotatable bonds is 5. The minimum absolute atomic E-state index is 0.00213. The molecule has 1 saturated heterocycles. The third-order valence-electron chi connectivity index (χ3n) is 7.29. The molecule has 3 heterocycles. The third kappa shape index (κ3) is 3.68. The fourth-order valence-electron chi connectivity index (χ4n) is 5.73. The van der Waals surface area contributed by atoms with E-state index in [9.17, 15) is 13.2 Å². The monoisotopic (exact) mass is 574 g/mol. The number of fused-ring (bicyclic) bond motifs is 6. The molecule has 33 heavy (non-hydrogen) atoms. The SMILES string of the molecule is C/C=C(\I)CN1C2C[C@@H]3c4ccccc4N(S(=O)(=O)c4ccc(C)cc4)[C@@H]3[C@H]1CC=C2C=O. The Morgan fingerprint density at radius 1 is 1.15 bits per heavy atom. The van der Waals surface area contributed by atoms with Crippen molar-refractivity contribution >= 4 is 44.6 Å². The van der Waals surface area contributed by atoms with E-state index in [1.54, 1.807) is 16.4 Å². The second-order valence-electron chi connectivity index (χ2n) is 9.05. The van der Waals surface area contributed by atoms with Gasteiger partial charge in [-0.15, -0.1) is 0 Å². The van der Waals surface area contributed by atoms with Crippen LogP contribution in [0.15, 0.2) is 74.7 Å². The first-order valence-corrected chi connectivity index (χ1v) is 13.8. The second-order valence-corrected chi connectivity index (χ2v) is 12.3. The van der Waals surface area contributed by atoms with Crippen LogP contribution in [0.5, 0.6) is 0 Å². The Morgan fingerprint density at radius 3 is 2.58 bits per heavy atom. The van der Waals surface area contributed by atoms with Gasteiger partial charge in [-0.3, -0.25) is 14.0 Å². The minimum atomic E-state index is -3.75. The molecule has 5 rings (SSSR count). The van der Waals surface area contributed by atoms with Crippen LogP contribution >= 0.6 is 22.6 Å². The number of sulfonamides is 1. The van der Waals surface area contributed by atoms with Gasteiger partial charge in [0.15, 0.2) is 0 Å². The van der Waals surface area contributed by atoms with Crippen LogP contribution in [0.1, 0.15) is 36.8 Å². The standard InChI is InChI=1S/C26H27IN2O3S/c1-3-19(27)15-28-24-13-10-18(16-30)25(28)14-22-21-6-4-5-7-23(21)29(26(22)24)33(31,32)20-11-8-17(2)9-12-20/h3-12,16,22,24-26H,13-15H2,1-2H3/b19-3-/t22-,24-,25?,26+/m1/s1. The number of carbonyl (C=O) groups is 1. The average molecular weight is 574 g/mol. The van der Waals surface area contributed by atoms with Crippen molar-refractivity contribution in [3.05, 3.63) is 81.0 Å². The summed E-state index contributed by atoms with van der Waals surface area (Å²) in [5.74, 6) is 0.0552. The van der Waals surface area contributed by atoms with Gasteiger partial charge < -0.3 is 0 Å². The zero-order chi connectivity index (χ0) is 23.3. The van der Waals surface area contributed by atoms with Gasteiger partial charge in [0.25, 0.3) is 10.0 Å². The number of para-hydroxylation sites is 1. The molecule has 0 amide bonds. The van der Waals surface area contributed by atoms with Crippen LogP contribution in [0.2, 0.25) is 0 Å². The predicted molar refractivity (Wildman–Crippen MR) is 139 cm³/mol. The first-order valence-electron chi connectivity index (χ1n) is 11.3. The molecule has 0 saturated carbocycles. The highest BCUT2D eigenvalue weighted by Crippen LogP contribution is 2.53. The van der Waals surface area contributed by atoms with Gasteiger partial charge in [-0.25, -0.2) is 8.42 Å². The highest BCUT2D eigenvalue weighted by Gasteiger charge is 2.55. The van der Waals surface area contributed by atoms with Gasteiger partial charge in [0.2, 0.25) is 0 Å². The third-order valence-corrected chi connectivity index (χ3v) is 10.1. The Morgan fingerprint density at radius 2 is 1.88 bits per heavy atom. The van der Waals surface area contributed by atoms with Crippen molar-refractivity contribution in [1.82, 2.24) is 4.90 Å². The Labute approximate surface area is 209 Å². The number of nitrogens with zero attached hydrogens (tertiary/aromatic N) is 2. The van der Waals surface area contributed by atoms with Gasteiger partial charge in [-0.1, -0.05) is 48.0 Å². The van der Waals surface area contributed by atoms with Gasteiger partial charge in [0.1, 0.15) is 6.29 Å². The maximum atomic E-state index is 14.1. The molecule has 2 aromatic rings. The molecule has 1 unspecified atom stereocenters. The van der Waals surface area contributed by atoms with E-state index in [1.807, 2.05) is 50.3 Å². The van der Waals surface area contributed by atoms with Crippen LogP contribution in [0.3, 0.4) is 0 Å². The molecule has 7 heteroatoms. The zero-order valence-corrected chi connectivity index (χ0v) is 21.7. The van der Waals surface area contributed by atoms with Crippen molar-refractivity contribution in [1.29, 1.82) is 0 Å². The number of piperidine rings is 1. The molecule has 3 aliphatic heterocycles. The van der Waals surface area contributed by atoms with E-state index in [0.717, 1.165) is 41.6 Å². The van der Waals surface area contributed by atoms with E-state index in [0.29, 0.717) is 11.3 Å². The molecule has 3 aliphatic rings. The molecule has 0 radical (unpaired) electrons. The van der Waals surface area contributed by atoms with Crippen molar-refractivity contribution in [2.45, 2.75) is 55.6 Å². The van der Waals surface area contributed by atoms with Gasteiger partial charge in [0.05, 0.1) is 16.6 Å². The van der Waals surface area contributed by atoms with Crippen LogP contribution in [0.4, 0.5) is 5.69 Å². The molecule has 1 fully saturated rings. The number of halogens is 1. The van der Waals surface area contributed by atoms with E-state index in [-0.39, 0.29) is 24.0 Å². The van der Waals surface area contributed by atoms with E-state index < -0.39 is 10.0 Å². The average Bonchev–Trinajstić information content (AvgIpc) is 3.14. The van der Waals surface area contributed by atoms with Crippen molar-refractivity contribution < 1.29 is 13.2 Å². The van der Waals surface area contributed by atoms with E-state index in [4.69, 9.17) is 0 Å². The lowest BCUT2D eigenvalue weighted by Gasteiger charge is -2.52. The molecule has 5 nitrogen and oxygen atoms in total. The van der Waals surface area contributed by atoms with Crippen LogP contribution in [0, 0.1) is 6.92 Å². The number of allylic oxidation sites excluding steroid dienone is 1. The summed E-state index contributed by atoms with van der Waals surface area (Å²) in [6, 6.07) is 14.8. The molecule has 0 spiro atoms. The molecule has 172 valence electrons. The largest absolute Gasteiger partial charge is 0.298 e. The number of benzene rings is 2. The highest BCUT2D eigenvalue weighted by molar-refractivity contribution is 14.1. The Hall–Kier alpha value is -1.97. The molecule has 2 bridgehead atoms. The molecule has 2 aromatic carbocycles. The summed E-state index contributed by atoms with van der Waals surface area (Å²) in [5, 5.41) is 0. The molecular formula is C26H27IN2O3S. The fourth-order valence-corrected chi connectivity index (χ4v) is 7.87. The maximum absolute atomic E-state index is 14.1. The lowest BCUT2D eigenvalue weighted by molar-refractivity contribution is -0.106. The van der Waals surface area contributed by atoms with Crippen LogP contribution in [-0.2, 0) is 14.8 Å². The van der Waals surface area contributed by atoms with Crippen molar-refractivity contribution in [3.8, 4) is 0 Å². The summed E-state index contributed by atoms with van der Waals surface area (Å²) in [4.78, 5) is 14.6. The molecule has 4 atom stereocenters. The topological polar surface area (TPSA) is 57.7 Å². The van der Waals surface area contributed by atoms with Gasteiger partial charge >= 0.3 is 0 Å². The van der Waals surface area contributed by atoms with Crippen LogP contribution in [-0.4, -0.2) is 44.3 Å². The first-order chi connectivity index (χ1) is 15.9. The summed E-state index contributed by atoms with van der Waals surface area (Å²) >= 11 is 2.34. The zero-order valence-electron chi connectivity index (χ0n) is 18.7. The summed E-state index contributed by atoms with van der Waals surface area (Å²) in [7, 11) is -3.75. The quantitative estimate of drug-likeness (QED) is 0.374. The number of aldehydes is 1. The Kier molecular flexibility index (Phi) is 5.99. The van der Waals surface area contributed by atoms with Crippen molar-refractivity contribution in [2.24, 2.45) is 0 Å². The van der Waals surface area contributed by atoms with E-state index in [2.05, 4.69) is 39.6 Å². The first kappa shape index (κ1) is 22.8. The predicted octanol–water partition coefficient (Wildman–Crippen LogP) is 4.97. The maximum Gasteiger partial charge on any atom is 0.264 e. The molecule has 0 aromatic heterocycles. The molecule has 0 N–H and O–H groups in total. The van der Waals surface area contributed by atoms with Gasteiger partial charge in [-0.05, 0) is 73.0 Å². The minimum Gasteiger partial charge on any atom is -0.298 e. The number of anilines is 1. The summed E-state index contributed by atoms with van der Waals surface area (Å²) < 4.78 is 31.0. The molecule has 0 aliphatic carbocycles. The van der Waals surface area contributed by atoms with Gasteiger partial charge in [-0.2, -0.15) is 0 Å². The van der Waals surface area contributed by atoms with Gasteiger partial charge in [0, 0.05) is 33.7 Å². The normalized spacial score (nSPS) is 27.1. The number of hydrogen-bond donors (Lipinski definition) is 0. The number of carbonyl (C=O) groups excluding carboxylic acids is 1. The molecular weight excluding hydrogens is 547 g/mol. The lowest BCUT2D eigenvalue weighted by Crippen LogP contribution is -2.62. The Bertz CT molecular complexity index is 1250. The van der Waals surface area contributed by atoms with Crippen molar-refractivity contribution in [3.63, 3.8) is 0 Å². The lowest BCUT2D eigenvalue weighted by atomic mass is 9.74. The van der Waals surface area contributed by atoms with Crippen LogP contribution in [0.25, 0.3) is 0 Å². The number of aryl methyl sites for hydroxylation is 1. The summed E-state index contributed by atoms with van der Waals surface area (Å²) in [6.07, 6.45) is 6.48.